The van der Waals surface area contributed by atoms with Crippen LogP contribution in [0.4, 0.5) is 0 Å². The highest BCUT2D eigenvalue weighted by Gasteiger charge is 2.35. The van der Waals surface area contributed by atoms with E-state index in [4.69, 9.17) is 4.74 Å². The number of hydrogen-bond donors (Lipinski definition) is 2. The van der Waals surface area contributed by atoms with Crippen molar-refractivity contribution in [1.82, 2.24) is 10.6 Å². The van der Waals surface area contributed by atoms with Crippen molar-refractivity contribution in [2.45, 2.75) is 19.9 Å². The van der Waals surface area contributed by atoms with Crippen molar-refractivity contribution in [3.8, 4) is 5.75 Å². The van der Waals surface area contributed by atoms with E-state index < -0.39 is 0 Å². The predicted molar refractivity (Wildman–Crippen MR) is 77.7 cm³/mol. The van der Waals surface area contributed by atoms with Gasteiger partial charge in [0.15, 0.2) is 0 Å². The van der Waals surface area contributed by atoms with Gasteiger partial charge in [-0.05, 0) is 26.0 Å². The molecule has 0 spiro atoms. The summed E-state index contributed by atoms with van der Waals surface area (Å²) in [6.07, 6.45) is 0.894. The van der Waals surface area contributed by atoms with Crippen LogP contribution in [0.25, 0.3) is 0 Å². The molecule has 0 saturated carbocycles. The molecule has 1 atom stereocenters. The van der Waals surface area contributed by atoms with Gasteiger partial charge in [-0.2, -0.15) is 0 Å². The molecule has 1 aliphatic rings. The second-order valence-electron chi connectivity index (χ2n) is 4.98. The number of ether oxygens (including phenoxy) is 1. The van der Waals surface area contributed by atoms with Crippen LogP contribution in [0.15, 0.2) is 24.3 Å². The van der Waals surface area contributed by atoms with Gasteiger partial charge >= 0.3 is 0 Å². The Hall–Kier alpha value is -1.26. The summed E-state index contributed by atoms with van der Waals surface area (Å²) in [5.41, 5.74) is 0.727. The van der Waals surface area contributed by atoms with E-state index in [0.29, 0.717) is 6.54 Å². The number of methoxy groups -OCH3 is 1. The van der Waals surface area contributed by atoms with Gasteiger partial charge in [-0.15, -0.1) is 12.4 Å². The molecule has 1 amide bonds. The van der Waals surface area contributed by atoms with Gasteiger partial charge in [-0.1, -0.05) is 18.2 Å². The zero-order valence-corrected chi connectivity index (χ0v) is 12.2. The molecule has 1 fully saturated rings. The third-order valence-electron chi connectivity index (χ3n) is 3.55. The Bertz CT molecular complexity index is 431. The number of nitrogens with one attached hydrogen (secondary N) is 2. The Labute approximate surface area is 120 Å². The van der Waals surface area contributed by atoms with E-state index >= 15 is 0 Å². The molecule has 19 heavy (non-hydrogen) atoms. The van der Waals surface area contributed by atoms with Gasteiger partial charge in [0.2, 0.25) is 5.91 Å². The van der Waals surface area contributed by atoms with Crippen molar-refractivity contribution < 1.29 is 9.53 Å². The van der Waals surface area contributed by atoms with E-state index in [2.05, 4.69) is 10.6 Å². The molecule has 0 aliphatic carbocycles. The molecule has 4 nitrogen and oxygen atoms in total. The van der Waals surface area contributed by atoms with Gasteiger partial charge in [-0.25, -0.2) is 0 Å². The zero-order valence-electron chi connectivity index (χ0n) is 11.4. The maximum atomic E-state index is 12.1. The number of benzene rings is 1. The van der Waals surface area contributed by atoms with E-state index in [1.807, 2.05) is 31.2 Å². The quantitative estimate of drug-likeness (QED) is 0.885. The third-order valence-corrected chi connectivity index (χ3v) is 3.55. The second kappa shape index (κ2) is 6.78. The third kappa shape index (κ3) is 3.61. The smallest absolute Gasteiger partial charge is 0.227 e. The Balaban J connectivity index is 0.00000180. The van der Waals surface area contributed by atoms with Gasteiger partial charge in [-0.3, -0.25) is 4.79 Å². The van der Waals surface area contributed by atoms with Crippen molar-refractivity contribution in [2.75, 3.05) is 20.2 Å². The lowest BCUT2D eigenvalue weighted by Crippen LogP contribution is -2.40. The zero-order chi connectivity index (χ0) is 13.0. The number of carbonyl (C=O) groups is 1. The van der Waals surface area contributed by atoms with E-state index in [1.165, 1.54) is 0 Å². The minimum absolute atomic E-state index is 0. The summed E-state index contributed by atoms with van der Waals surface area (Å²) in [5.74, 6) is 0.922. The van der Waals surface area contributed by atoms with Gasteiger partial charge in [0, 0.05) is 18.7 Å². The average molecular weight is 285 g/mol. The fourth-order valence-electron chi connectivity index (χ4n) is 2.25. The van der Waals surface area contributed by atoms with E-state index in [-0.39, 0.29) is 23.7 Å². The number of halogens is 1. The van der Waals surface area contributed by atoms with Crippen LogP contribution in [0, 0.1) is 5.41 Å². The summed E-state index contributed by atoms with van der Waals surface area (Å²) in [6, 6.07) is 7.74. The molecule has 2 rings (SSSR count). The van der Waals surface area contributed by atoms with Crippen molar-refractivity contribution in [3.05, 3.63) is 29.8 Å². The standard InChI is InChI=1S/C14H20N2O2.ClH/c1-14(7-8-15-10-14)13(17)16-9-11-5-3-4-6-12(11)18-2;/h3-6,15H,7-10H2,1-2H3,(H,16,17);1H. The van der Waals surface area contributed by atoms with Gasteiger partial charge in [0.1, 0.15) is 5.75 Å². The maximum Gasteiger partial charge on any atom is 0.227 e. The minimum atomic E-state index is -0.276. The van der Waals surface area contributed by atoms with Crippen LogP contribution < -0.4 is 15.4 Å². The molecule has 5 heteroatoms. The number of hydrogen-bond acceptors (Lipinski definition) is 3. The highest BCUT2D eigenvalue weighted by atomic mass is 35.5. The summed E-state index contributed by atoms with van der Waals surface area (Å²) in [4.78, 5) is 12.1. The number of para-hydroxylation sites is 1. The molecule has 0 bridgehead atoms. The van der Waals surface area contributed by atoms with Crippen LogP contribution in [0.5, 0.6) is 5.75 Å². The summed E-state index contributed by atoms with van der Waals surface area (Å²) >= 11 is 0. The molecule has 0 aromatic heterocycles. The van der Waals surface area contributed by atoms with Crippen molar-refractivity contribution in [3.63, 3.8) is 0 Å². The monoisotopic (exact) mass is 284 g/mol. The van der Waals surface area contributed by atoms with E-state index in [1.54, 1.807) is 7.11 Å². The lowest BCUT2D eigenvalue weighted by molar-refractivity contribution is -0.129. The Kier molecular flexibility index (Phi) is 5.63. The summed E-state index contributed by atoms with van der Waals surface area (Å²) in [7, 11) is 1.64. The highest BCUT2D eigenvalue weighted by Crippen LogP contribution is 2.25. The SMILES string of the molecule is COc1ccccc1CNC(=O)C1(C)CCNC1.Cl. The van der Waals surface area contributed by atoms with Crippen molar-refractivity contribution in [2.24, 2.45) is 5.41 Å². The van der Waals surface area contributed by atoms with Crippen LogP contribution in [-0.2, 0) is 11.3 Å². The summed E-state index contributed by atoms with van der Waals surface area (Å²) < 4.78 is 5.26. The molecule has 1 aliphatic heterocycles. The molecule has 1 aromatic rings. The van der Waals surface area contributed by atoms with Crippen LogP contribution in [0.1, 0.15) is 18.9 Å². The van der Waals surface area contributed by atoms with Gasteiger partial charge in [0.25, 0.3) is 0 Å². The Morgan fingerprint density at radius 2 is 2.21 bits per heavy atom. The molecule has 0 radical (unpaired) electrons. The molecular weight excluding hydrogens is 264 g/mol. The van der Waals surface area contributed by atoms with Gasteiger partial charge in [0.05, 0.1) is 12.5 Å². The molecule has 1 unspecified atom stereocenters. The molecule has 1 saturated heterocycles. The fourth-order valence-corrected chi connectivity index (χ4v) is 2.25. The predicted octanol–water partition coefficient (Wildman–Crippen LogP) is 1.73. The van der Waals surface area contributed by atoms with Crippen molar-refractivity contribution in [1.29, 1.82) is 0 Å². The Morgan fingerprint density at radius 1 is 1.47 bits per heavy atom. The van der Waals surface area contributed by atoms with E-state index in [0.717, 1.165) is 30.8 Å². The first-order chi connectivity index (χ1) is 8.65. The Morgan fingerprint density at radius 3 is 2.84 bits per heavy atom. The number of carbonyl (C=O) groups excluding carboxylic acids is 1. The topological polar surface area (TPSA) is 50.4 Å². The van der Waals surface area contributed by atoms with Crippen LogP contribution in [-0.4, -0.2) is 26.1 Å². The first-order valence-corrected chi connectivity index (χ1v) is 6.27. The fraction of sp³-hybridized carbons (Fsp3) is 0.500. The molecule has 106 valence electrons. The van der Waals surface area contributed by atoms with Crippen LogP contribution in [0.2, 0.25) is 0 Å². The van der Waals surface area contributed by atoms with Gasteiger partial charge < -0.3 is 15.4 Å². The first kappa shape index (κ1) is 15.8. The normalized spacial score (nSPS) is 21.6. The molecule has 2 N–H and O–H groups in total. The second-order valence-corrected chi connectivity index (χ2v) is 4.98. The maximum absolute atomic E-state index is 12.1. The largest absolute Gasteiger partial charge is 0.496 e. The summed E-state index contributed by atoms with van der Waals surface area (Å²) in [5, 5.41) is 6.23. The first-order valence-electron chi connectivity index (χ1n) is 6.27. The van der Waals surface area contributed by atoms with Crippen LogP contribution >= 0.6 is 12.4 Å². The minimum Gasteiger partial charge on any atom is -0.496 e. The summed E-state index contributed by atoms with van der Waals surface area (Å²) in [6.45, 7) is 4.19. The molecule has 1 heterocycles. The molecular formula is C14H21ClN2O2. The number of amides is 1. The van der Waals surface area contributed by atoms with E-state index in [9.17, 15) is 4.79 Å². The average Bonchev–Trinajstić information content (AvgIpc) is 2.84. The van der Waals surface area contributed by atoms with Crippen LogP contribution in [0.3, 0.4) is 0 Å². The number of rotatable bonds is 4. The highest BCUT2D eigenvalue weighted by molar-refractivity contribution is 5.85. The molecule has 1 aromatic carbocycles. The lowest BCUT2D eigenvalue weighted by Gasteiger charge is -2.21. The lowest BCUT2D eigenvalue weighted by atomic mass is 9.89. The van der Waals surface area contributed by atoms with Crippen molar-refractivity contribution >= 4 is 18.3 Å².